The van der Waals surface area contributed by atoms with Gasteiger partial charge in [0.15, 0.2) is 0 Å². The van der Waals surface area contributed by atoms with Gasteiger partial charge in [0.25, 0.3) is 0 Å². The number of rotatable bonds is 5. The van der Waals surface area contributed by atoms with E-state index in [1.54, 1.807) is 0 Å². The summed E-state index contributed by atoms with van der Waals surface area (Å²) < 4.78 is 5.74. The van der Waals surface area contributed by atoms with E-state index < -0.39 is 0 Å². The van der Waals surface area contributed by atoms with Gasteiger partial charge in [-0.15, -0.1) is 0 Å². The molecule has 0 radical (unpaired) electrons. The first-order valence-corrected chi connectivity index (χ1v) is 7.19. The third-order valence-corrected chi connectivity index (χ3v) is 3.93. The Kier molecular flexibility index (Phi) is 4.84. The van der Waals surface area contributed by atoms with Crippen LogP contribution >= 0.6 is 0 Å². The van der Waals surface area contributed by atoms with Crippen LogP contribution in [0.1, 0.15) is 57.1 Å². The van der Waals surface area contributed by atoms with E-state index >= 15 is 0 Å². The fourth-order valence-corrected chi connectivity index (χ4v) is 2.71. The lowest BCUT2D eigenvalue weighted by molar-refractivity contribution is 0.0995. The lowest BCUT2D eigenvalue weighted by Crippen LogP contribution is -2.30. The van der Waals surface area contributed by atoms with E-state index in [4.69, 9.17) is 4.42 Å². The molecule has 3 unspecified atom stereocenters. The highest BCUT2D eigenvalue weighted by atomic mass is 16.3. The average molecular weight is 251 g/mol. The Morgan fingerprint density at radius 2 is 2.28 bits per heavy atom. The zero-order valence-corrected chi connectivity index (χ0v) is 11.5. The highest BCUT2D eigenvalue weighted by Gasteiger charge is 2.21. The zero-order chi connectivity index (χ0) is 13.0. The summed E-state index contributed by atoms with van der Waals surface area (Å²) >= 11 is 0. The predicted molar refractivity (Wildman–Crippen MR) is 72.5 cm³/mol. The minimum atomic E-state index is -0.0869. The van der Waals surface area contributed by atoms with Gasteiger partial charge in [-0.3, -0.25) is 0 Å². The molecule has 1 heterocycles. The normalized spacial score (nSPS) is 26.2. The van der Waals surface area contributed by atoms with Crippen molar-refractivity contribution < 1.29 is 9.52 Å². The zero-order valence-electron chi connectivity index (χ0n) is 11.5. The molecule has 2 rings (SSSR count). The van der Waals surface area contributed by atoms with Gasteiger partial charge >= 0.3 is 0 Å². The molecule has 3 nitrogen and oxygen atoms in total. The minimum absolute atomic E-state index is 0.0869. The first kappa shape index (κ1) is 13.6. The third kappa shape index (κ3) is 3.59. The summed E-state index contributed by atoms with van der Waals surface area (Å²) in [5, 5.41) is 13.2. The average Bonchev–Trinajstić information content (AvgIpc) is 2.85. The van der Waals surface area contributed by atoms with Gasteiger partial charge in [-0.25, -0.2) is 0 Å². The van der Waals surface area contributed by atoms with E-state index in [0.29, 0.717) is 5.92 Å². The Morgan fingerprint density at radius 3 is 2.94 bits per heavy atom. The molecule has 0 spiro atoms. The van der Waals surface area contributed by atoms with E-state index in [0.717, 1.165) is 43.7 Å². The second-order valence-electron chi connectivity index (χ2n) is 5.47. The lowest BCUT2D eigenvalue weighted by Gasteiger charge is -2.27. The lowest BCUT2D eigenvalue weighted by atomic mass is 9.87. The van der Waals surface area contributed by atoms with E-state index in [-0.39, 0.29) is 12.1 Å². The molecule has 0 amide bonds. The largest absolute Gasteiger partial charge is 0.464 e. The Labute approximate surface area is 110 Å². The van der Waals surface area contributed by atoms with Gasteiger partial charge in [-0.05, 0) is 50.8 Å². The van der Waals surface area contributed by atoms with E-state index in [1.807, 2.05) is 0 Å². The highest BCUT2D eigenvalue weighted by molar-refractivity contribution is 5.10. The van der Waals surface area contributed by atoms with Crippen LogP contribution in [0.15, 0.2) is 16.5 Å². The maximum atomic E-state index is 9.65. The molecule has 102 valence electrons. The smallest absolute Gasteiger partial charge is 0.120 e. The van der Waals surface area contributed by atoms with Crippen molar-refractivity contribution in [2.24, 2.45) is 5.92 Å². The van der Waals surface area contributed by atoms with E-state index in [1.165, 1.54) is 6.42 Å². The number of aryl methyl sites for hydroxylation is 1. The molecular formula is C15H25NO2. The Hall–Kier alpha value is -0.800. The van der Waals surface area contributed by atoms with E-state index in [2.05, 4.69) is 31.3 Å². The first-order chi connectivity index (χ1) is 8.69. The molecule has 1 fully saturated rings. The highest BCUT2D eigenvalue weighted by Crippen LogP contribution is 2.24. The van der Waals surface area contributed by atoms with Crippen molar-refractivity contribution >= 4 is 0 Å². The summed E-state index contributed by atoms with van der Waals surface area (Å²) in [6.07, 6.45) is 5.16. The van der Waals surface area contributed by atoms with Crippen LogP contribution in [0.2, 0.25) is 0 Å². The van der Waals surface area contributed by atoms with Crippen molar-refractivity contribution in [3.8, 4) is 0 Å². The second-order valence-corrected chi connectivity index (χ2v) is 5.47. The fraction of sp³-hybridized carbons (Fsp3) is 0.733. The molecule has 0 saturated heterocycles. The summed E-state index contributed by atoms with van der Waals surface area (Å²) in [5.41, 5.74) is 0. The van der Waals surface area contributed by atoms with E-state index in [9.17, 15) is 5.11 Å². The molecule has 0 aliphatic heterocycles. The number of aliphatic hydroxyl groups excluding tert-OH is 1. The molecular weight excluding hydrogens is 226 g/mol. The first-order valence-electron chi connectivity index (χ1n) is 7.19. The maximum Gasteiger partial charge on any atom is 0.120 e. The van der Waals surface area contributed by atoms with Crippen LogP contribution in [0.4, 0.5) is 0 Å². The Balaban J connectivity index is 1.78. The van der Waals surface area contributed by atoms with Crippen LogP contribution in [0.3, 0.4) is 0 Å². The minimum Gasteiger partial charge on any atom is -0.464 e. The maximum absolute atomic E-state index is 9.65. The topological polar surface area (TPSA) is 45.4 Å². The molecule has 18 heavy (non-hydrogen) atoms. The van der Waals surface area contributed by atoms with Crippen LogP contribution < -0.4 is 5.32 Å². The van der Waals surface area contributed by atoms with Gasteiger partial charge < -0.3 is 14.8 Å². The van der Waals surface area contributed by atoms with Gasteiger partial charge in [0.05, 0.1) is 12.1 Å². The summed E-state index contributed by atoms with van der Waals surface area (Å²) in [4.78, 5) is 0. The van der Waals surface area contributed by atoms with Crippen molar-refractivity contribution in [3.05, 3.63) is 23.7 Å². The van der Waals surface area contributed by atoms with Gasteiger partial charge in [0.2, 0.25) is 0 Å². The molecule has 1 aromatic heterocycles. The molecule has 1 aliphatic rings. The summed E-state index contributed by atoms with van der Waals surface area (Å²) in [5.74, 6) is 2.67. The molecule has 1 aromatic rings. The predicted octanol–water partition coefficient (Wildman–Crippen LogP) is 3.04. The van der Waals surface area contributed by atoms with Gasteiger partial charge in [-0.2, -0.15) is 0 Å². The quantitative estimate of drug-likeness (QED) is 0.845. The van der Waals surface area contributed by atoms with Gasteiger partial charge in [-0.1, -0.05) is 13.3 Å². The van der Waals surface area contributed by atoms with Crippen molar-refractivity contribution in [1.82, 2.24) is 5.32 Å². The molecule has 0 bridgehead atoms. The number of hydrogen-bond acceptors (Lipinski definition) is 3. The van der Waals surface area contributed by atoms with Crippen molar-refractivity contribution in [3.63, 3.8) is 0 Å². The molecule has 2 N–H and O–H groups in total. The second kappa shape index (κ2) is 6.39. The number of aliphatic hydroxyl groups is 1. The SMILES string of the molecule is CCc1ccc(C(C)NCC2CCCC(O)C2)o1. The fourth-order valence-electron chi connectivity index (χ4n) is 2.71. The molecule has 0 aromatic carbocycles. The standard InChI is InChI=1S/C15H25NO2/c1-3-14-7-8-15(18-14)11(2)16-10-12-5-4-6-13(17)9-12/h7-8,11-13,16-17H,3-6,9-10H2,1-2H3. The number of hydrogen-bond donors (Lipinski definition) is 2. The Bertz CT molecular complexity index is 361. The van der Waals surface area contributed by atoms with Crippen molar-refractivity contribution in [2.45, 2.75) is 58.1 Å². The van der Waals surface area contributed by atoms with Crippen LogP contribution in [-0.2, 0) is 6.42 Å². The van der Waals surface area contributed by atoms with Crippen LogP contribution in [0.25, 0.3) is 0 Å². The van der Waals surface area contributed by atoms with Crippen LogP contribution in [-0.4, -0.2) is 17.8 Å². The molecule has 1 aliphatic carbocycles. The molecule has 1 saturated carbocycles. The number of furan rings is 1. The monoisotopic (exact) mass is 251 g/mol. The van der Waals surface area contributed by atoms with Crippen LogP contribution in [0, 0.1) is 5.92 Å². The molecule has 3 heteroatoms. The summed E-state index contributed by atoms with van der Waals surface area (Å²) in [7, 11) is 0. The van der Waals surface area contributed by atoms with Gasteiger partial charge in [0, 0.05) is 6.42 Å². The van der Waals surface area contributed by atoms with Crippen molar-refractivity contribution in [2.75, 3.05) is 6.54 Å². The van der Waals surface area contributed by atoms with Crippen molar-refractivity contribution in [1.29, 1.82) is 0 Å². The summed E-state index contributed by atoms with van der Waals surface area (Å²) in [6, 6.07) is 4.37. The number of nitrogens with one attached hydrogen (secondary N) is 1. The Morgan fingerprint density at radius 1 is 1.44 bits per heavy atom. The van der Waals surface area contributed by atoms with Crippen LogP contribution in [0.5, 0.6) is 0 Å². The summed E-state index contributed by atoms with van der Waals surface area (Å²) in [6.45, 7) is 5.21. The third-order valence-electron chi connectivity index (χ3n) is 3.93. The van der Waals surface area contributed by atoms with Gasteiger partial charge in [0.1, 0.15) is 11.5 Å². The molecule has 3 atom stereocenters.